The van der Waals surface area contributed by atoms with Crippen molar-refractivity contribution in [3.63, 3.8) is 0 Å². The lowest BCUT2D eigenvalue weighted by Gasteiger charge is -2.27. The van der Waals surface area contributed by atoms with Gasteiger partial charge in [-0.2, -0.15) is 5.26 Å². The van der Waals surface area contributed by atoms with E-state index in [1.165, 1.54) is 37.8 Å². The molecular formula is C15H19FN2. The predicted molar refractivity (Wildman–Crippen MR) is 69.4 cm³/mol. The van der Waals surface area contributed by atoms with Crippen molar-refractivity contribution >= 4 is 0 Å². The van der Waals surface area contributed by atoms with E-state index in [4.69, 9.17) is 5.26 Å². The average molecular weight is 246 g/mol. The third kappa shape index (κ3) is 3.30. The molecule has 0 amide bonds. The van der Waals surface area contributed by atoms with Gasteiger partial charge in [-0.25, -0.2) is 4.39 Å². The van der Waals surface area contributed by atoms with Gasteiger partial charge >= 0.3 is 0 Å². The lowest BCUT2D eigenvalue weighted by molar-refractivity contribution is 0.306. The molecule has 1 fully saturated rings. The molecule has 0 bridgehead atoms. The van der Waals surface area contributed by atoms with Crippen LogP contribution >= 0.6 is 0 Å². The van der Waals surface area contributed by atoms with Crippen LogP contribution in [0.4, 0.5) is 4.39 Å². The van der Waals surface area contributed by atoms with Crippen molar-refractivity contribution < 1.29 is 4.39 Å². The highest BCUT2D eigenvalue weighted by Crippen LogP contribution is 2.23. The van der Waals surface area contributed by atoms with Gasteiger partial charge in [0.25, 0.3) is 0 Å². The Morgan fingerprint density at radius 1 is 1.33 bits per heavy atom. The van der Waals surface area contributed by atoms with E-state index in [0.29, 0.717) is 18.2 Å². The largest absolute Gasteiger partial charge is 0.310 e. The highest BCUT2D eigenvalue weighted by Gasteiger charge is 2.17. The van der Waals surface area contributed by atoms with Crippen molar-refractivity contribution in [3.8, 4) is 6.07 Å². The van der Waals surface area contributed by atoms with Crippen LogP contribution in [-0.2, 0) is 6.54 Å². The zero-order valence-corrected chi connectivity index (χ0v) is 10.7. The molecule has 0 saturated heterocycles. The fourth-order valence-corrected chi connectivity index (χ4v) is 2.54. The van der Waals surface area contributed by atoms with Crippen molar-refractivity contribution in [1.29, 1.82) is 5.26 Å². The van der Waals surface area contributed by atoms with Gasteiger partial charge in [-0.05, 0) is 55.4 Å². The Morgan fingerprint density at radius 3 is 2.72 bits per heavy atom. The molecule has 2 rings (SSSR count). The fraction of sp³-hybridized carbons (Fsp3) is 0.533. The highest BCUT2D eigenvalue weighted by atomic mass is 19.1. The van der Waals surface area contributed by atoms with Crippen LogP contribution in [0.15, 0.2) is 18.2 Å². The van der Waals surface area contributed by atoms with E-state index in [1.807, 2.05) is 0 Å². The first-order valence-corrected chi connectivity index (χ1v) is 6.61. The lowest BCUT2D eigenvalue weighted by atomic mass is 9.87. The third-order valence-electron chi connectivity index (χ3n) is 3.78. The van der Waals surface area contributed by atoms with Crippen LogP contribution in [0, 0.1) is 23.1 Å². The van der Waals surface area contributed by atoms with Crippen LogP contribution < -0.4 is 5.32 Å². The second kappa shape index (κ2) is 5.97. The number of hydrogen-bond donors (Lipinski definition) is 1. The molecule has 1 aliphatic carbocycles. The predicted octanol–water partition coefficient (Wildman–Crippen LogP) is 3.37. The SMILES string of the molecule is CC1CCC(NCc2cc(F)ccc2C#N)CC1. The molecule has 3 heteroatoms. The molecule has 0 spiro atoms. The van der Waals surface area contributed by atoms with E-state index in [0.717, 1.165) is 11.5 Å². The monoisotopic (exact) mass is 246 g/mol. The summed E-state index contributed by atoms with van der Waals surface area (Å²) >= 11 is 0. The van der Waals surface area contributed by atoms with Gasteiger partial charge in [-0.1, -0.05) is 6.92 Å². The molecule has 0 aromatic heterocycles. The quantitative estimate of drug-likeness (QED) is 0.887. The van der Waals surface area contributed by atoms with E-state index in [1.54, 1.807) is 6.07 Å². The Hall–Kier alpha value is -1.40. The maximum Gasteiger partial charge on any atom is 0.123 e. The second-order valence-corrected chi connectivity index (χ2v) is 5.25. The normalized spacial score (nSPS) is 23.6. The van der Waals surface area contributed by atoms with Crippen molar-refractivity contribution in [1.82, 2.24) is 5.32 Å². The molecule has 1 aromatic rings. The van der Waals surface area contributed by atoms with Crippen LogP contribution in [0.25, 0.3) is 0 Å². The maximum atomic E-state index is 13.2. The van der Waals surface area contributed by atoms with E-state index < -0.39 is 0 Å². The van der Waals surface area contributed by atoms with E-state index in [9.17, 15) is 4.39 Å². The summed E-state index contributed by atoms with van der Waals surface area (Å²) in [7, 11) is 0. The van der Waals surface area contributed by atoms with Crippen LogP contribution in [-0.4, -0.2) is 6.04 Å². The lowest BCUT2D eigenvalue weighted by Crippen LogP contribution is -2.32. The molecule has 2 nitrogen and oxygen atoms in total. The molecule has 1 saturated carbocycles. The number of benzene rings is 1. The molecule has 0 radical (unpaired) electrons. The number of nitrogens with one attached hydrogen (secondary N) is 1. The minimum atomic E-state index is -0.275. The van der Waals surface area contributed by atoms with Gasteiger partial charge in [0.2, 0.25) is 0 Å². The van der Waals surface area contributed by atoms with E-state index >= 15 is 0 Å². The Bertz CT molecular complexity index is 442. The molecule has 96 valence electrons. The topological polar surface area (TPSA) is 35.8 Å². The average Bonchev–Trinajstić information content (AvgIpc) is 2.38. The first-order valence-electron chi connectivity index (χ1n) is 6.61. The van der Waals surface area contributed by atoms with Crippen LogP contribution in [0.1, 0.15) is 43.7 Å². The summed E-state index contributed by atoms with van der Waals surface area (Å²) in [6.45, 7) is 2.87. The summed E-state index contributed by atoms with van der Waals surface area (Å²) < 4.78 is 13.2. The summed E-state index contributed by atoms with van der Waals surface area (Å²) in [5.74, 6) is 0.551. The summed E-state index contributed by atoms with van der Waals surface area (Å²) in [6.07, 6.45) is 4.87. The molecular weight excluding hydrogens is 227 g/mol. The van der Waals surface area contributed by atoms with Gasteiger partial charge in [0.05, 0.1) is 11.6 Å². The summed E-state index contributed by atoms with van der Waals surface area (Å²) in [4.78, 5) is 0. The van der Waals surface area contributed by atoms with E-state index in [-0.39, 0.29) is 5.82 Å². The van der Waals surface area contributed by atoms with Crippen molar-refractivity contribution in [3.05, 3.63) is 35.1 Å². The molecule has 1 aliphatic rings. The summed E-state index contributed by atoms with van der Waals surface area (Å²) in [5.41, 5.74) is 1.32. The molecule has 0 atom stereocenters. The number of hydrogen-bond acceptors (Lipinski definition) is 2. The Balaban J connectivity index is 1.94. The number of halogens is 1. The van der Waals surface area contributed by atoms with Gasteiger partial charge in [0, 0.05) is 12.6 Å². The first kappa shape index (κ1) is 13.0. The number of nitriles is 1. The zero-order valence-electron chi connectivity index (χ0n) is 10.7. The third-order valence-corrected chi connectivity index (χ3v) is 3.78. The number of rotatable bonds is 3. The molecule has 1 aromatic carbocycles. The highest BCUT2D eigenvalue weighted by molar-refractivity contribution is 5.37. The minimum Gasteiger partial charge on any atom is -0.310 e. The van der Waals surface area contributed by atoms with Crippen molar-refractivity contribution in [2.75, 3.05) is 0 Å². The number of nitrogens with zero attached hydrogens (tertiary/aromatic N) is 1. The van der Waals surface area contributed by atoms with Gasteiger partial charge in [-0.15, -0.1) is 0 Å². The van der Waals surface area contributed by atoms with Crippen LogP contribution in [0.2, 0.25) is 0 Å². The zero-order chi connectivity index (χ0) is 13.0. The van der Waals surface area contributed by atoms with Crippen molar-refractivity contribution in [2.45, 2.75) is 45.2 Å². The smallest absolute Gasteiger partial charge is 0.123 e. The van der Waals surface area contributed by atoms with Crippen molar-refractivity contribution in [2.24, 2.45) is 5.92 Å². The molecule has 1 N–H and O–H groups in total. The standard InChI is InChI=1S/C15H19FN2/c1-11-2-6-15(7-3-11)18-10-13-8-14(16)5-4-12(13)9-17/h4-5,8,11,15,18H,2-3,6-7,10H2,1H3. The Morgan fingerprint density at radius 2 is 2.06 bits per heavy atom. The second-order valence-electron chi connectivity index (χ2n) is 5.25. The van der Waals surface area contributed by atoms with Crippen LogP contribution in [0.5, 0.6) is 0 Å². The summed E-state index contributed by atoms with van der Waals surface area (Å²) in [6, 6.07) is 6.96. The Kier molecular flexibility index (Phi) is 4.33. The first-order chi connectivity index (χ1) is 8.69. The Labute approximate surface area is 108 Å². The molecule has 18 heavy (non-hydrogen) atoms. The molecule has 0 unspecified atom stereocenters. The van der Waals surface area contributed by atoms with Gasteiger partial charge in [0.1, 0.15) is 5.82 Å². The maximum absolute atomic E-state index is 13.2. The van der Waals surface area contributed by atoms with Crippen LogP contribution in [0.3, 0.4) is 0 Å². The van der Waals surface area contributed by atoms with Gasteiger partial charge in [-0.3, -0.25) is 0 Å². The van der Waals surface area contributed by atoms with Gasteiger partial charge < -0.3 is 5.32 Å². The molecule has 0 aliphatic heterocycles. The fourth-order valence-electron chi connectivity index (χ4n) is 2.54. The minimum absolute atomic E-state index is 0.275. The van der Waals surface area contributed by atoms with Gasteiger partial charge in [0.15, 0.2) is 0 Å². The summed E-state index contributed by atoms with van der Waals surface area (Å²) in [5, 5.41) is 12.4. The van der Waals surface area contributed by atoms with E-state index in [2.05, 4.69) is 18.3 Å². The molecule has 0 heterocycles.